The Hall–Kier alpha value is -1.90. The first-order chi connectivity index (χ1) is 10.3. The summed E-state index contributed by atoms with van der Waals surface area (Å²) in [6.45, 7) is 2.87. The quantitative estimate of drug-likeness (QED) is 0.827. The lowest BCUT2D eigenvalue weighted by molar-refractivity contribution is -0.225. The van der Waals surface area contributed by atoms with Crippen molar-refractivity contribution in [3.05, 3.63) is 77.9 Å². The molecular formula is C19H20O2. The first kappa shape index (κ1) is 14.1. The minimum Gasteiger partial charge on any atom is -0.348 e. The molecule has 1 aliphatic rings. The normalized spacial score (nSPS) is 26.0. The Labute approximate surface area is 126 Å². The van der Waals surface area contributed by atoms with Crippen LogP contribution in [0, 0.1) is 5.92 Å². The number of ether oxygens (including phenoxy) is 2. The van der Waals surface area contributed by atoms with E-state index in [9.17, 15) is 0 Å². The third-order valence-corrected chi connectivity index (χ3v) is 3.70. The summed E-state index contributed by atoms with van der Waals surface area (Å²) in [5.74, 6) is 0.352. The van der Waals surface area contributed by atoms with E-state index in [1.54, 1.807) is 0 Å². The lowest BCUT2D eigenvalue weighted by Gasteiger charge is -2.33. The topological polar surface area (TPSA) is 18.5 Å². The van der Waals surface area contributed by atoms with Gasteiger partial charge in [0.05, 0.1) is 12.7 Å². The van der Waals surface area contributed by atoms with Crippen molar-refractivity contribution in [2.75, 3.05) is 6.61 Å². The largest absolute Gasteiger partial charge is 0.348 e. The molecule has 21 heavy (non-hydrogen) atoms. The molecule has 2 nitrogen and oxygen atoms in total. The molecule has 1 fully saturated rings. The smallest absolute Gasteiger partial charge is 0.184 e. The Balaban J connectivity index is 1.71. The van der Waals surface area contributed by atoms with Gasteiger partial charge in [-0.1, -0.05) is 79.7 Å². The summed E-state index contributed by atoms with van der Waals surface area (Å²) >= 11 is 0. The zero-order chi connectivity index (χ0) is 14.5. The summed E-state index contributed by atoms with van der Waals surface area (Å²) in [5, 5.41) is 0. The zero-order valence-corrected chi connectivity index (χ0v) is 12.2. The maximum absolute atomic E-state index is 6.10. The summed E-state index contributed by atoms with van der Waals surface area (Å²) < 4.78 is 11.9. The van der Waals surface area contributed by atoms with Crippen LogP contribution in [-0.4, -0.2) is 12.7 Å². The zero-order valence-electron chi connectivity index (χ0n) is 12.2. The Kier molecular flexibility index (Phi) is 4.49. The van der Waals surface area contributed by atoms with Gasteiger partial charge >= 0.3 is 0 Å². The highest BCUT2D eigenvalue weighted by Crippen LogP contribution is 2.29. The molecule has 0 spiro atoms. The van der Waals surface area contributed by atoms with Crippen LogP contribution >= 0.6 is 0 Å². The molecule has 1 saturated heterocycles. The van der Waals surface area contributed by atoms with Crippen molar-refractivity contribution in [2.24, 2.45) is 5.92 Å². The van der Waals surface area contributed by atoms with Crippen LogP contribution in [0.1, 0.15) is 24.3 Å². The second-order valence-electron chi connectivity index (χ2n) is 5.42. The van der Waals surface area contributed by atoms with Crippen molar-refractivity contribution < 1.29 is 9.47 Å². The second kappa shape index (κ2) is 6.70. The van der Waals surface area contributed by atoms with Crippen molar-refractivity contribution in [1.29, 1.82) is 0 Å². The second-order valence-corrected chi connectivity index (χ2v) is 5.42. The lowest BCUT2D eigenvalue weighted by atomic mass is 10.0. The SMILES string of the molecule is C[C@H]1CO[C@H](c2ccccc2)O[C@@H]1/C=C/c1ccccc1. The Morgan fingerprint density at radius 2 is 1.62 bits per heavy atom. The van der Waals surface area contributed by atoms with E-state index in [0.29, 0.717) is 12.5 Å². The van der Waals surface area contributed by atoms with Crippen LogP contribution in [0.15, 0.2) is 66.7 Å². The molecule has 0 amide bonds. The van der Waals surface area contributed by atoms with Gasteiger partial charge in [-0.3, -0.25) is 0 Å². The van der Waals surface area contributed by atoms with Crippen LogP contribution in [0.4, 0.5) is 0 Å². The molecule has 0 N–H and O–H groups in total. The van der Waals surface area contributed by atoms with E-state index in [1.165, 1.54) is 5.56 Å². The molecule has 2 aromatic carbocycles. The summed E-state index contributed by atoms with van der Waals surface area (Å²) in [5.41, 5.74) is 2.26. The monoisotopic (exact) mass is 280 g/mol. The number of benzene rings is 2. The molecule has 108 valence electrons. The summed E-state index contributed by atoms with van der Waals surface area (Å²) in [7, 11) is 0. The molecule has 0 bridgehead atoms. The Bertz CT molecular complexity index is 577. The van der Waals surface area contributed by atoms with Gasteiger partial charge in [-0.05, 0) is 5.56 Å². The molecule has 1 aliphatic heterocycles. The van der Waals surface area contributed by atoms with E-state index in [-0.39, 0.29) is 12.4 Å². The van der Waals surface area contributed by atoms with Crippen LogP contribution in [0.3, 0.4) is 0 Å². The minimum atomic E-state index is -0.271. The van der Waals surface area contributed by atoms with Crippen LogP contribution in [0.25, 0.3) is 6.08 Å². The molecule has 3 atom stereocenters. The first-order valence-electron chi connectivity index (χ1n) is 7.38. The Morgan fingerprint density at radius 1 is 0.952 bits per heavy atom. The van der Waals surface area contributed by atoms with Gasteiger partial charge in [0.2, 0.25) is 0 Å². The number of rotatable bonds is 3. The van der Waals surface area contributed by atoms with Gasteiger partial charge < -0.3 is 9.47 Å². The highest BCUT2D eigenvalue weighted by molar-refractivity contribution is 5.49. The van der Waals surface area contributed by atoms with Crippen LogP contribution in [0.5, 0.6) is 0 Å². The first-order valence-corrected chi connectivity index (χ1v) is 7.38. The maximum atomic E-state index is 6.10. The average molecular weight is 280 g/mol. The van der Waals surface area contributed by atoms with Crippen molar-refractivity contribution in [1.82, 2.24) is 0 Å². The standard InChI is InChI=1S/C19H20O2/c1-15-14-20-19(17-10-6-3-7-11-17)21-18(15)13-12-16-8-4-2-5-9-16/h2-13,15,18-19H,14H2,1H3/b13-12+/t15-,18+,19-/m0/s1. The minimum absolute atomic E-state index is 0.0733. The molecule has 0 unspecified atom stereocenters. The fraction of sp³-hybridized carbons (Fsp3) is 0.263. The predicted molar refractivity (Wildman–Crippen MR) is 84.6 cm³/mol. The van der Waals surface area contributed by atoms with Gasteiger partial charge in [0.15, 0.2) is 6.29 Å². The fourth-order valence-corrected chi connectivity index (χ4v) is 2.44. The Morgan fingerprint density at radius 3 is 2.33 bits per heavy atom. The van der Waals surface area contributed by atoms with Crippen LogP contribution in [-0.2, 0) is 9.47 Å². The van der Waals surface area contributed by atoms with Crippen molar-refractivity contribution >= 4 is 6.08 Å². The third-order valence-electron chi connectivity index (χ3n) is 3.70. The average Bonchev–Trinajstić information content (AvgIpc) is 2.56. The summed E-state index contributed by atoms with van der Waals surface area (Å²) in [6.07, 6.45) is 4.06. The number of hydrogen-bond acceptors (Lipinski definition) is 2. The molecule has 0 radical (unpaired) electrons. The van der Waals surface area contributed by atoms with Crippen molar-refractivity contribution in [2.45, 2.75) is 19.3 Å². The predicted octanol–water partition coefficient (Wildman–Crippen LogP) is 4.45. The van der Waals surface area contributed by atoms with E-state index in [1.807, 2.05) is 48.5 Å². The molecule has 0 aromatic heterocycles. The highest BCUT2D eigenvalue weighted by Gasteiger charge is 2.28. The van der Waals surface area contributed by atoms with Crippen LogP contribution in [0.2, 0.25) is 0 Å². The van der Waals surface area contributed by atoms with Gasteiger partial charge in [0, 0.05) is 11.5 Å². The van der Waals surface area contributed by atoms with Crippen LogP contribution < -0.4 is 0 Å². The van der Waals surface area contributed by atoms with Gasteiger partial charge in [0.1, 0.15) is 0 Å². The van der Waals surface area contributed by atoms with Crippen molar-refractivity contribution in [3.8, 4) is 0 Å². The molecule has 0 aliphatic carbocycles. The molecule has 2 aromatic rings. The van der Waals surface area contributed by atoms with E-state index in [2.05, 4.69) is 31.2 Å². The number of hydrogen-bond donors (Lipinski definition) is 0. The summed E-state index contributed by atoms with van der Waals surface area (Å²) in [4.78, 5) is 0. The lowest BCUT2D eigenvalue weighted by Crippen LogP contribution is -2.33. The maximum Gasteiger partial charge on any atom is 0.184 e. The van der Waals surface area contributed by atoms with Gasteiger partial charge in [0.25, 0.3) is 0 Å². The highest BCUT2D eigenvalue weighted by atomic mass is 16.7. The van der Waals surface area contributed by atoms with E-state index >= 15 is 0 Å². The van der Waals surface area contributed by atoms with Gasteiger partial charge in [-0.2, -0.15) is 0 Å². The van der Waals surface area contributed by atoms with Gasteiger partial charge in [-0.15, -0.1) is 0 Å². The van der Waals surface area contributed by atoms with E-state index < -0.39 is 0 Å². The third kappa shape index (κ3) is 3.60. The summed E-state index contributed by atoms with van der Waals surface area (Å²) in [6, 6.07) is 20.4. The molecule has 3 rings (SSSR count). The molecular weight excluding hydrogens is 260 g/mol. The van der Waals surface area contributed by atoms with Gasteiger partial charge in [-0.25, -0.2) is 0 Å². The fourth-order valence-electron chi connectivity index (χ4n) is 2.44. The molecule has 0 saturated carbocycles. The molecule has 2 heteroatoms. The van der Waals surface area contributed by atoms with E-state index in [0.717, 1.165) is 5.56 Å². The molecule has 1 heterocycles. The van der Waals surface area contributed by atoms with Crippen molar-refractivity contribution in [3.63, 3.8) is 0 Å². The van der Waals surface area contributed by atoms with E-state index in [4.69, 9.17) is 9.47 Å².